The summed E-state index contributed by atoms with van der Waals surface area (Å²) in [6, 6.07) is 1.46. The van der Waals surface area contributed by atoms with Crippen LogP contribution in [0.4, 0.5) is 0 Å². The fraction of sp³-hybridized carbons (Fsp3) is 1.00. The summed E-state index contributed by atoms with van der Waals surface area (Å²) >= 11 is 2.06. The monoisotopic (exact) mass is 175 g/mol. The summed E-state index contributed by atoms with van der Waals surface area (Å²) in [6.45, 7) is 8.42. The van der Waals surface area contributed by atoms with E-state index in [9.17, 15) is 0 Å². The van der Waals surface area contributed by atoms with E-state index in [0.29, 0.717) is 6.04 Å². The van der Waals surface area contributed by atoms with Crippen LogP contribution in [0.15, 0.2) is 0 Å². The first-order chi connectivity index (χ1) is 5.29. The van der Waals surface area contributed by atoms with Crippen molar-refractivity contribution in [3.05, 3.63) is 0 Å². The van der Waals surface area contributed by atoms with Crippen LogP contribution in [0.1, 0.15) is 34.1 Å². The summed E-state index contributed by atoms with van der Waals surface area (Å²) in [7, 11) is 0. The second-order valence-electron chi connectivity index (χ2n) is 2.88. The molecule has 1 aliphatic heterocycles. The third-order valence-electron chi connectivity index (χ3n) is 1.50. The maximum Gasteiger partial charge on any atom is 0.0168 e. The molecule has 1 heterocycles. The first kappa shape index (κ1) is 11.3. The second-order valence-corrected chi connectivity index (χ2v) is 4.03. The van der Waals surface area contributed by atoms with Gasteiger partial charge in [0.15, 0.2) is 0 Å². The van der Waals surface area contributed by atoms with E-state index in [-0.39, 0.29) is 0 Å². The highest BCUT2D eigenvalue weighted by Crippen LogP contribution is 2.17. The number of hydrogen-bond acceptors (Lipinski definition) is 2. The molecule has 1 nitrogen and oxygen atoms in total. The molecular weight excluding hydrogens is 154 g/mol. The standard InChI is InChI=1S/C7H15NS.C2H6/c1-6(2)8-7-3-4-9-5-7;1-2/h6-8H,3-5H2,1-2H3;1-2H3. The number of thioether (sulfide) groups is 1. The fourth-order valence-corrected chi connectivity index (χ4v) is 2.30. The molecule has 1 unspecified atom stereocenters. The molecule has 68 valence electrons. The molecule has 1 aliphatic rings. The van der Waals surface area contributed by atoms with Crippen molar-refractivity contribution in [2.75, 3.05) is 11.5 Å². The third kappa shape index (κ3) is 5.57. The van der Waals surface area contributed by atoms with Gasteiger partial charge in [-0.15, -0.1) is 0 Å². The minimum absolute atomic E-state index is 0.661. The molecule has 1 N–H and O–H groups in total. The van der Waals surface area contributed by atoms with Crippen LogP contribution in [0.3, 0.4) is 0 Å². The van der Waals surface area contributed by atoms with Crippen molar-refractivity contribution >= 4 is 11.8 Å². The highest BCUT2D eigenvalue weighted by Gasteiger charge is 2.14. The Morgan fingerprint density at radius 2 is 2.00 bits per heavy atom. The predicted molar refractivity (Wildman–Crippen MR) is 55.3 cm³/mol. The SMILES string of the molecule is CC.CC(C)NC1CCSC1. The molecule has 1 saturated heterocycles. The second kappa shape index (κ2) is 6.99. The molecule has 0 radical (unpaired) electrons. The quantitative estimate of drug-likeness (QED) is 0.692. The van der Waals surface area contributed by atoms with Crippen molar-refractivity contribution in [2.24, 2.45) is 0 Å². The molecule has 0 spiro atoms. The van der Waals surface area contributed by atoms with Gasteiger partial charge >= 0.3 is 0 Å². The third-order valence-corrected chi connectivity index (χ3v) is 2.66. The van der Waals surface area contributed by atoms with Gasteiger partial charge in [-0.3, -0.25) is 0 Å². The minimum Gasteiger partial charge on any atom is -0.311 e. The Morgan fingerprint density at radius 3 is 2.36 bits per heavy atom. The number of nitrogens with one attached hydrogen (secondary N) is 1. The lowest BCUT2D eigenvalue weighted by molar-refractivity contribution is 0.497. The van der Waals surface area contributed by atoms with Crippen molar-refractivity contribution in [1.29, 1.82) is 0 Å². The molecular formula is C9H21NS. The normalized spacial score (nSPS) is 23.2. The Labute approximate surface area is 75.3 Å². The molecule has 1 rings (SSSR count). The van der Waals surface area contributed by atoms with Gasteiger partial charge in [-0.1, -0.05) is 27.7 Å². The maximum atomic E-state index is 3.52. The van der Waals surface area contributed by atoms with Crippen molar-refractivity contribution in [3.8, 4) is 0 Å². The van der Waals surface area contributed by atoms with Gasteiger partial charge in [-0.05, 0) is 12.2 Å². The van der Waals surface area contributed by atoms with Gasteiger partial charge in [0.1, 0.15) is 0 Å². The first-order valence-corrected chi connectivity index (χ1v) is 5.78. The zero-order chi connectivity index (χ0) is 8.69. The van der Waals surface area contributed by atoms with Crippen LogP contribution in [0.2, 0.25) is 0 Å². The molecule has 0 aromatic heterocycles. The summed E-state index contributed by atoms with van der Waals surface area (Å²) in [6.07, 6.45) is 1.36. The molecule has 1 atom stereocenters. The summed E-state index contributed by atoms with van der Waals surface area (Å²) in [5.74, 6) is 2.67. The lowest BCUT2D eigenvalue weighted by Crippen LogP contribution is -2.34. The molecule has 0 aromatic carbocycles. The highest BCUT2D eigenvalue weighted by molar-refractivity contribution is 7.99. The van der Waals surface area contributed by atoms with Gasteiger partial charge in [0.25, 0.3) is 0 Å². The van der Waals surface area contributed by atoms with E-state index in [1.54, 1.807) is 0 Å². The average Bonchev–Trinajstić information content (AvgIpc) is 2.43. The minimum atomic E-state index is 0.661. The van der Waals surface area contributed by atoms with Gasteiger partial charge in [0, 0.05) is 17.8 Å². The van der Waals surface area contributed by atoms with Gasteiger partial charge in [-0.25, -0.2) is 0 Å². The van der Waals surface area contributed by atoms with Crippen LogP contribution in [-0.4, -0.2) is 23.6 Å². The van der Waals surface area contributed by atoms with Crippen LogP contribution >= 0.6 is 11.8 Å². The topological polar surface area (TPSA) is 12.0 Å². The van der Waals surface area contributed by atoms with Crippen molar-refractivity contribution in [2.45, 2.75) is 46.2 Å². The lowest BCUT2D eigenvalue weighted by Gasteiger charge is -2.13. The Kier molecular flexibility index (Phi) is 7.18. The van der Waals surface area contributed by atoms with Crippen molar-refractivity contribution < 1.29 is 0 Å². The molecule has 0 saturated carbocycles. The van der Waals surface area contributed by atoms with Crippen LogP contribution in [-0.2, 0) is 0 Å². The van der Waals surface area contributed by atoms with E-state index in [0.717, 1.165) is 6.04 Å². The van der Waals surface area contributed by atoms with Gasteiger partial charge in [-0.2, -0.15) is 11.8 Å². The average molecular weight is 175 g/mol. The highest BCUT2D eigenvalue weighted by atomic mass is 32.2. The van der Waals surface area contributed by atoms with Crippen LogP contribution in [0, 0.1) is 0 Å². The fourth-order valence-electron chi connectivity index (χ4n) is 1.14. The van der Waals surface area contributed by atoms with E-state index in [2.05, 4.69) is 30.9 Å². The largest absolute Gasteiger partial charge is 0.311 e. The summed E-state index contributed by atoms with van der Waals surface area (Å²) in [5.41, 5.74) is 0. The Morgan fingerprint density at radius 1 is 1.36 bits per heavy atom. The Hall–Kier alpha value is 0.310. The maximum absolute atomic E-state index is 3.52. The van der Waals surface area contributed by atoms with E-state index in [1.807, 2.05) is 13.8 Å². The molecule has 1 fully saturated rings. The molecule has 0 bridgehead atoms. The predicted octanol–water partition coefficient (Wildman–Crippen LogP) is 2.52. The summed E-state index contributed by atoms with van der Waals surface area (Å²) < 4.78 is 0. The first-order valence-electron chi connectivity index (χ1n) is 4.63. The van der Waals surface area contributed by atoms with Crippen LogP contribution < -0.4 is 5.32 Å². The van der Waals surface area contributed by atoms with E-state index < -0.39 is 0 Å². The summed E-state index contributed by atoms with van der Waals surface area (Å²) in [4.78, 5) is 0. The lowest BCUT2D eigenvalue weighted by atomic mass is 10.2. The number of rotatable bonds is 2. The number of hydrogen-bond donors (Lipinski definition) is 1. The zero-order valence-electron chi connectivity index (χ0n) is 8.18. The van der Waals surface area contributed by atoms with E-state index >= 15 is 0 Å². The summed E-state index contributed by atoms with van der Waals surface area (Å²) in [5, 5.41) is 3.52. The van der Waals surface area contributed by atoms with E-state index in [4.69, 9.17) is 0 Å². The zero-order valence-corrected chi connectivity index (χ0v) is 9.00. The van der Waals surface area contributed by atoms with Gasteiger partial charge in [0.2, 0.25) is 0 Å². The smallest absolute Gasteiger partial charge is 0.0168 e. The molecule has 11 heavy (non-hydrogen) atoms. The molecule has 2 heteroatoms. The van der Waals surface area contributed by atoms with Crippen molar-refractivity contribution in [3.63, 3.8) is 0 Å². The van der Waals surface area contributed by atoms with Crippen LogP contribution in [0.25, 0.3) is 0 Å². The Balaban J connectivity index is 0.000000461. The van der Waals surface area contributed by atoms with Gasteiger partial charge < -0.3 is 5.32 Å². The van der Waals surface area contributed by atoms with Crippen LogP contribution in [0.5, 0.6) is 0 Å². The van der Waals surface area contributed by atoms with Crippen molar-refractivity contribution in [1.82, 2.24) is 5.32 Å². The molecule has 0 amide bonds. The Bertz CT molecular complexity index is 77.6. The van der Waals surface area contributed by atoms with E-state index in [1.165, 1.54) is 17.9 Å². The molecule has 0 aromatic rings. The van der Waals surface area contributed by atoms with Gasteiger partial charge in [0.05, 0.1) is 0 Å². The molecule has 0 aliphatic carbocycles.